The van der Waals surface area contributed by atoms with Crippen LogP contribution in [0.5, 0.6) is 0 Å². The number of fused-ring (bicyclic) bond motifs is 1. The Morgan fingerprint density at radius 2 is 2.24 bits per heavy atom. The molecule has 3 aromatic heterocycles. The first kappa shape index (κ1) is 9.91. The summed E-state index contributed by atoms with van der Waals surface area (Å²) in [7, 11) is 0. The number of aromatic nitrogens is 6. The molecular weight excluding hydrogens is 218 g/mol. The Bertz CT molecular complexity index is 639. The van der Waals surface area contributed by atoms with Gasteiger partial charge in [0.1, 0.15) is 5.69 Å². The third kappa shape index (κ3) is 1.66. The number of hydrogen-bond donors (Lipinski definition) is 1. The van der Waals surface area contributed by atoms with Crippen molar-refractivity contribution >= 4 is 5.65 Å². The van der Waals surface area contributed by atoms with E-state index >= 15 is 0 Å². The summed E-state index contributed by atoms with van der Waals surface area (Å²) in [5.74, 6) is 0.707. The summed E-state index contributed by atoms with van der Waals surface area (Å²) in [5, 5.41) is 8.13. The van der Waals surface area contributed by atoms with Crippen LogP contribution in [-0.2, 0) is 6.54 Å². The lowest BCUT2D eigenvalue weighted by Crippen LogP contribution is -2.07. The van der Waals surface area contributed by atoms with E-state index in [9.17, 15) is 0 Å². The van der Waals surface area contributed by atoms with Crippen LogP contribution in [0.1, 0.15) is 0 Å². The maximum Gasteiger partial charge on any atom is 0.188 e. The maximum absolute atomic E-state index is 5.49. The van der Waals surface area contributed by atoms with Crippen LogP contribution in [0, 0.1) is 0 Å². The molecule has 3 heterocycles. The van der Waals surface area contributed by atoms with Gasteiger partial charge in [-0.15, -0.1) is 10.2 Å². The van der Waals surface area contributed by atoms with Gasteiger partial charge in [0.2, 0.25) is 0 Å². The Kier molecular flexibility index (Phi) is 2.30. The molecule has 0 aromatic carbocycles. The number of rotatable bonds is 3. The van der Waals surface area contributed by atoms with E-state index in [1.807, 2.05) is 21.4 Å². The van der Waals surface area contributed by atoms with E-state index in [-0.39, 0.29) is 0 Å². The minimum atomic E-state index is 0.584. The van der Waals surface area contributed by atoms with Crippen molar-refractivity contribution in [2.24, 2.45) is 5.73 Å². The highest BCUT2D eigenvalue weighted by Crippen LogP contribution is 2.14. The third-order valence-electron chi connectivity index (χ3n) is 2.46. The summed E-state index contributed by atoms with van der Waals surface area (Å²) in [6.45, 7) is 1.32. The molecule has 0 atom stereocenters. The fourth-order valence-corrected chi connectivity index (χ4v) is 1.67. The lowest BCUT2D eigenvalue weighted by atomic mass is 10.4. The van der Waals surface area contributed by atoms with Gasteiger partial charge in [-0.3, -0.25) is 9.38 Å². The molecule has 2 N–H and O–H groups in total. The van der Waals surface area contributed by atoms with Crippen molar-refractivity contribution in [3.63, 3.8) is 0 Å². The zero-order valence-electron chi connectivity index (χ0n) is 9.06. The van der Waals surface area contributed by atoms with Crippen molar-refractivity contribution in [2.75, 3.05) is 6.54 Å². The summed E-state index contributed by atoms with van der Waals surface area (Å²) < 4.78 is 3.78. The van der Waals surface area contributed by atoms with Gasteiger partial charge < -0.3 is 10.3 Å². The van der Waals surface area contributed by atoms with Gasteiger partial charge >= 0.3 is 0 Å². The lowest BCUT2D eigenvalue weighted by molar-refractivity contribution is 0.708. The highest BCUT2D eigenvalue weighted by molar-refractivity contribution is 5.53. The van der Waals surface area contributed by atoms with E-state index in [4.69, 9.17) is 5.73 Å². The molecule has 7 heteroatoms. The molecule has 0 bridgehead atoms. The summed E-state index contributed by atoms with van der Waals surface area (Å²) in [5.41, 5.74) is 6.97. The number of nitrogens with zero attached hydrogens (tertiary/aromatic N) is 6. The number of nitrogens with two attached hydrogens (primary N) is 1. The third-order valence-corrected chi connectivity index (χ3v) is 2.46. The molecule has 86 valence electrons. The molecule has 0 fully saturated rings. The van der Waals surface area contributed by atoms with Crippen LogP contribution in [0.4, 0.5) is 0 Å². The van der Waals surface area contributed by atoms with Gasteiger partial charge in [-0.05, 0) is 0 Å². The molecule has 0 aliphatic carbocycles. The molecule has 0 aliphatic rings. The minimum Gasteiger partial charge on any atom is -0.335 e. The Morgan fingerprint density at radius 1 is 1.29 bits per heavy atom. The Labute approximate surface area is 96.9 Å². The average Bonchev–Trinajstić information content (AvgIpc) is 2.95. The Balaban J connectivity index is 2.07. The highest BCUT2D eigenvalue weighted by atomic mass is 15.3. The molecular formula is C10H11N7. The van der Waals surface area contributed by atoms with Gasteiger partial charge in [0.15, 0.2) is 11.5 Å². The van der Waals surface area contributed by atoms with Crippen molar-refractivity contribution in [2.45, 2.75) is 6.54 Å². The monoisotopic (exact) mass is 229 g/mol. The second-order valence-electron chi connectivity index (χ2n) is 3.61. The second kappa shape index (κ2) is 3.95. The Hall–Kier alpha value is -2.28. The summed E-state index contributed by atoms with van der Waals surface area (Å²) in [6.07, 6.45) is 8.81. The van der Waals surface area contributed by atoms with Gasteiger partial charge in [-0.25, -0.2) is 4.98 Å². The van der Waals surface area contributed by atoms with Crippen LogP contribution < -0.4 is 5.73 Å². The van der Waals surface area contributed by atoms with E-state index in [0.29, 0.717) is 18.0 Å². The van der Waals surface area contributed by atoms with Crippen molar-refractivity contribution in [3.8, 4) is 11.5 Å². The highest BCUT2D eigenvalue weighted by Gasteiger charge is 2.10. The van der Waals surface area contributed by atoms with E-state index in [1.54, 1.807) is 18.7 Å². The van der Waals surface area contributed by atoms with Crippen molar-refractivity contribution in [1.82, 2.24) is 29.1 Å². The first-order valence-corrected chi connectivity index (χ1v) is 5.25. The largest absolute Gasteiger partial charge is 0.335 e. The van der Waals surface area contributed by atoms with Crippen LogP contribution in [0.2, 0.25) is 0 Å². The van der Waals surface area contributed by atoms with Crippen molar-refractivity contribution in [1.29, 1.82) is 0 Å². The fourth-order valence-electron chi connectivity index (χ4n) is 1.67. The molecule has 0 amide bonds. The predicted octanol–water partition coefficient (Wildman–Crippen LogP) is -0.0535. The van der Waals surface area contributed by atoms with E-state index in [2.05, 4.69) is 20.2 Å². The topological polar surface area (TPSA) is 86.9 Å². The zero-order valence-corrected chi connectivity index (χ0v) is 9.06. The summed E-state index contributed by atoms with van der Waals surface area (Å²) in [6, 6.07) is 0. The summed E-state index contributed by atoms with van der Waals surface area (Å²) >= 11 is 0. The normalized spacial score (nSPS) is 11.1. The van der Waals surface area contributed by atoms with Crippen LogP contribution in [-0.4, -0.2) is 35.7 Å². The SMILES string of the molecule is NCCn1cnc(-c2nnc3cnccn23)c1. The molecule has 7 nitrogen and oxygen atoms in total. The molecule has 0 aliphatic heterocycles. The van der Waals surface area contributed by atoms with Crippen molar-refractivity contribution in [3.05, 3.63) is 31.1 Å². The number of hydrogen-bond acceptors (Lipinski definition) is 5. The molecule has 0 spiro atoms. The Morgan fingerprint density at radius 3 is 3.12 bits per heavy atom. The second-order valence-corrected chi connectivity index (χ2v) is 3.61. The van der Waals surface area contributed by atoms with Crippen LogP contribution in [0.15, 0.2) is 31.1 Å². The van der Waals surface area contributed by atoms with E-state index < -0.39 is 0 Å². The van der Waals surface area contributed by atoms with Crippen LogP contribution in [0.3, 0.4) is 0 Å². The van der Waals surface area contributed by atoms with E-state index in [0.717, 1.165) is 12.2 Å². The summed E-state index contributed by atoms with van der Waals surface area (Å²) in [4.78, 5) is 8.28. The van der Waals surface area contributed by atoms with Crippen LogP contribution in [0.25, 0.3) is 17.2 Å². The number of imidazole rings is 1. The zero-order chi connectivity index (χ0) is 11.7. The minimum absolute atomic E-state index is 0.584. The molecule has 0 saturated heterocycles. The van der Waals surface area contributed by atoms with Gasteiger partial charge in [-0.2, -0.15) is 0 Å². The first-order chi connectivity index (χ1) is 8.38. The smallest absolute Gasteiger partial charge is 0.188 e. The quantitative estimate of drug-likeness (QED) is 0.680. The van der Waals surface area contributed by atoms with E-state index in [1.165, 1.54) is 0 Å². The predicted molar refractivity (Wildman–Crippen MR) is 61.1 cm³/mol. The first-order valence-electron chi connectivity index (χ1n) is 5.25. The van der Waals surface area contributed by atoms with Gasteiger partial charge in [-0.1, -0.05) is 0 Å². The molecule has 3 aromatic rings. The van der Waals surface area contributed by atoms with Crippen molar-refractivity contribution < 1.29 is 0 Å². The van der Waals surface area contributed by atoms with Gasteiger partial charge in [0.05, 0.1) is 12.5 Å². The molecule has 0 radical (unpaired) electrons. The lowest BCUT2D eigenvalue weighted by Gasteiger charge is -1.96. The average molecular weight is 229 g/mol. The van der Waals surface area contributed by atoms with Gasteiger partial charge in [0.25, 0.3) is 0 Å². The molecule has 17 heavy (non-hydrogen) atoms. The van der Waals surface area contributed by atoms with Gasteiger partial charge in [0, 0.05) is 31.7 Å². The molecule has 0 saturated carbocycles. The fraction of sp³-hybridized carbons (Fsp3) is 0.200. The molecule has 0 unspecified atom stereocenters. The maximum atomic E-state index is 5.49. The van der Waals surface area contributed by atoms with Crippen LogP contribution >= 0.6 is 0 Å². The standard InChI is InChI=1S/C10H11N7/c11-1-3-16-6-8(13-7-16)10-15-14-9-5-12-2-4-17(9)10/h2,4-7H,1,3,11H2. The molecule has 3 rings (SSSR count).